The molecule has 0 radical (unpaired) electrons. The smallest absolute Gasteiger partial charge is 0.194 e. The molecule has 0 heterocycles. The fourth-order valence-electron chi connectivity index (χ4n) is 6.46. The van der Waals surface area contributed by atoms with Crippen molar-refractivity contribution in [1.82, 2.24) is 0 Å². The number of hydrogen-bond acceptors (Lipinski definition) is 0. The van der Waals surface area contributed by atoms with Crippen LogP contribution < -0.4 is 21.9 Å². The maximum absolute atomic E-state index is 14.2. The molecule has 0 saturated heterocycles. The molecule has 0 N–H and O–H groups in total. The molecule has 0 fully saturated rings. The third-order valence-corrected chi connectivity index (χ3v) is 9.11. The highest BCUT2D eigenvalue weighted by Crippen LogP contribution is 2.41. The maximum Gasteiger partial charge on any atom is 0.416 e. The van der Waals surface area contributed by atoms with E-state index in [9.17, 15) is 105 Å². The monoisotopic (exact) mass is 941 g/mol. The summed E-state index contributed by atoms with van der Waals surface area (Å²) in [5, 5.41) is 0. The molecule has 0 bridgehead atoms. The van der Waals surface area contributed by atoms with Crippen molar-refractivity contribution in [2.24, 2.45) is 0 Å². The van der Waals surface area contributed by atoms with E-state index in [1.54, 1.807) is 0 Å². The largest absolute Gasteiger partial charge is 0.416 e. The lowest BCUT2D eigenvalue weighted by molar-refractivity contribution is -0.144. The normalized spacial score (nSPS) is 13.7. The topological polar surface area (TPSA) is 0 Å². The van der Waals surface area contributed by atoms with Gasteiger partial charge in [0, 0.05) is 0 Å². The number of halogens is 24. The molecule has 0 unspecified atom stereocenters. The zero-order chi connectivity index (χ0) is 48.2. The highest BCUT2D eigenvalue weighted by molar-refractivity contribution is 7.20. The Hall–Kier alpha value is -5.52. The second-order valence-corrected chi connectivity index (χ2v) is 13.4. The van der Waals surface area contributed by atoms with Crippen LogP contribution in [0.25, 0.3) is 0 Å². The zero-order valence-corrected chi connectivity index (χ0v) is 30.0. The Kier molecular flexibility index (Phi) is 13.2. The number of benzene rings is 5. The number of rotatable bonds is 4. The van der Waals surface area contributed by atoms with Gasteiger partial charge in [-0.25, -0.2) is 0 Å². The molecule has 0 aromatic heterocycles. The van der Waals surface area contributed by atoms with E-state index in [0.717, 1.165) is 0 Å². The van der Waals surface area contributed by atoms with Gasteiger partial charge in [0.2, 0.25) is 0 Å². The molecule has 0 aliphatic heterocycles. The Morgan fingerprint density at radius 2 is 0.302 bits per heavy atom. The molecule has 5 aromatic carbocycles. The van der Waals surface area contributed by atoms with Gasteiger partial charge in [0.15, 0.2) is 0 Å². The summed E-state index contributed by atoms with van der Waals surface area (Å²) in [5.41, 5.74) is -30.2. The average Bonchev–Trinajstić information content (AvgIpc) is 3.13. The predicted molar refractivity (Wildman–Crippen MR) is 177 cm³/mol. The molecule has 0 spiro atoms. The average molecular weight is 941 g/mol. The summed E-state index contributed by atoms with van der Waals surface area (Å²) in [6.45, 7) is 0. The van der Waals surface area contributed by atoms with Crippen molar-refractivity contribution < 1.29 is 105 Å². The second-order valence-electron chi connectivity index (χ2n) is 13.4. The van der Waals surface area contributed by atoms with Gasteiger partial charge >= 0.3 is 49.4 Å². The molecular formula is C38H18BF24-. The summed E-state index contributed by atoms with van der Waals surface area (Å²) in [6.07, 6.45) is -54.8. The molecule has 0 atom stereocenters. The lowest BCUT2D eigenvalue weighted by Crippen LogP contribution is -2.75. The van der Waals surface area contributed by atoms with Gasteiger partial charge in [0.05, 0.1) is 44.5 Å². The molecule has 0 nitrogen and oxygen atoms in total. The van der Waals surface area contributed by atoms with Crippen molar-refractivity contribution in [3.05, 3.63) is 154 Å². The highest BCUT2D eigenvalue weighted by atomic mass is 19.4. The Labute approximate surface area is 336 Å². The van der Waals surface area contributed by atoms with E-state index in [1.807, 2.05) is 36.4 Å². The van der Waals surface area contributed by atoms with Crippen LogP contribution in [0.3, 0.4) is 0 Å². The minimum absolute atomic E-state index is 0.691. The molecule has 25 heteroatoms. The molecule has 0 aliphatic rings. The van der Waals surface area contributed by atoms with E-state index >= 15 is 0 Å². The molecular weight excluding hydrogens is 923 g/mol. The zero-order valence-electron chi connectivity index (χ0n) is 30.0. The van der Waals surface area contributed by atoms with Crippen molar-refractivity contribution in [1.29, 1.82) is 0 Å². The summed E-state index contributed by atoms with van der Waals surface area (Å²) >= 11 is 0. The van der Waals surface area contributed by atoms with Gasteiger partial charge in [-0.05, 0) is 24.3 Å². The van der Waals surface area contributed by atoms with Crippen LogP contribution in [0.4, 0.5) is 105 Å². The molecule has 0 saturated carbocycles. The van der Waals surface area contributed by atoms with Crippen molar-refractivity contribution in [3.63, 3.8) is 0 Å². The minimum Gasteiger partial charge on any atom is -0.194 e. The van der Waals surface area contributed by atoms with Crippen molar-refractivity contribution in [3.8, 4) is 0 Å². The summed E-state index contributed by atoms with van der Waals surface area (Å²) in [5.74, 6) is 0. The van der Waals surface area contributed by atoms with E-state index in [4.69, 9.17) is 0 Å². The van der Waals surface area contributed by atoms with E-state index in [2.05, 4.69) is 0 Å². The first-order chi connectivity index (χ1) is 28.3. The van der Waals surface area contributed by atoms with Crippen LogP contribution in [0.2, 0.25) is 0 Å². The van der Waals surface area contributed by atoms with Crippen LogP contribution in [0, 0.1) is 0 Å². The SMILES string of the molecule is FC(F)(F)c1cc([B-](c2cc(C(F)(F)F)cc(C(F)(F)F)c2)(c2cc(C(F)(F)F)cc(C(F)(F)F)c2)c2cc(C(F)(F)F)cc(C(F)(F)F)c2)cc(C(F)(F)F)c1.c1ccccc1. The van der Waals surface area contributed by atoms with Crippen LogP contribution in [0.1, 0.15) is 44.5 Å². The minimum atomic E-state index is -6.13. The van der Waals surface area contributed by atoms with Gasteiger partial charge in [-0.3, -0.25) is 0 Å². The van der Waals surface area contributed by atoms with Gasteiger partial charge in [0.25, 0.3) is 0 Å². The molecule has 0 aliphatic carbocycles. The van der Waals surface area contributed by atoms with Crippen LogP contribution >= 0.6 is 0 Å². The van der Waals surface area contributed by atoms with E-state index in [0.29, 0.717) is 0 Å². The van der Waals surface area contributed by atoms with Crippen LogP contribution in [0.15, 0.2) is 109 Å². The van der Waals surface area contributed by atoms with E-state index < -0.39 is 195 Å². The lowest BCUT2D eigenvalue weighted by atomic mass is 9.12. The molecule has 342 valence electrons. The quantitative estimate of drug-likeness (QED) is 0.124. The van der Waals surface area contributed by atoms with Gasteiger partial charge in [0.1, 0.15) is 6.15 Å². The summed E-state index contributed by atoms with van der Waals surface area (Å²) in [7, 11) is 0. The summed E-state index contributed by atoms with van der Waals surface area (Å²) < 4.78 is 341. The fourth-order valence-corrected chi connectivity index (χ4v) is 6.46. The van der Waals surface area contributed by atoms with Gasteiger partial charge in [-0.1, -0.05) is 84.9 Å². The summed E-state index contributed by atoms with van der Waals surface area (Å²) in [4.78, 5) is 0. The lowest BCUT2D eigenvalue weighted by Gasteiger charge is -2.46. The Balaban J connectivity index is 0.00000133. The second kappa shape index (κ2) is 16.6. The first kappa shape index (κ1) is 50.1. The van der Waals surface area contributed by atoms with E-state index in [1.165, 1.54) is 0 Å². The third-order valence-electron chi connectivity index (χ3n) is 9.11. The van der Waals surface area contributed by atoms with Gasteiger partial charge < -0.3 is 0 Å². The maximum atomic E-state index is 14.2. The number of hydrogen-bond donors (Lipinski definition) is 0. The van der Waals surface area contributed by atoms with Crippen molar-refractivity contribution in [2.75, 3.05) is 0 Å². The van der Waals surface area contributed by atoms with Gasteiger partial charge in [-0.2, -0.15) is 127 Å². The first-order valence-electron chi connectivity index (χ1n) is 16.6. The Morgan fingerprint density at radius 3 is 0.397 bits per heavy atom. The standard InChI is InChI=1S/C32H12BF24.C6H6/c34-25(35,36)13-1-14(26(37,38)39)6-21(5-13)33(22-7-15(27(40,41)42)2-16(8-22)28(43,44)45,23-9-17(29(46,47)48)3-18(10-23)30(49,50)51)24-11-19(31(52,53)54)4-20(12-24)32(55,56)57;1-2-4-6-5-3-1/h1-12H;1-6H/q-1;. The first-order valence-corrected chi connectivity index (χ1v) is 16.6. The van der Waals surface area contributed by atoms with Crippen LogP contribution in [-0.4, -0.2) is 6.15 Å². The molecule has 63 heavy (non-hydrogen) atoms. The molecule has 0 amide bonds. The van der Waals surface area contributed by atoms with E-state index in [-0.39, 0.29) is 0 Å². The number of alkyl halides is 24. The fraction of sp³-hybridized carbons (Fsp3) is 0.211. The van der Waals surface area contributed by atoms with Gasteiger partial charge in [-0.15, -0.1) is 0 Å². The Bertz CT molecular complexity index is 1920. The van der Waals surface area contributed by atoms with Crippen LogP contribution in [0.5, 0.6) is 0 Å². The third kappa shape index (κ3) is 11.6. The molecule has 5 rings (SSSR count). The van der Waals surface area contributed by atoms with Crippen LogP contribution in [-0.2, 0) is 49.4 Å². The van der Waals surface area contributed by atoms with Crippen molar-refractivity contribution in [2.45, 2.75) is 49.4 Å². The highest BCUT2D eigenvalue weighted by Gasteiger charge is 2.47. The molecule has 5 aromatic rings. The summed E-state index contributed by atoms with van der Waals surface area (Å²) in [6, 6.07) is 3.19. The van der Waals surface area contributed by atoms with Crippen molar-refractivity contribution >= 4 is 28.0 Å². The Morgan fingerprint density at radius 1 is 0.190 bits per heavy atom. The predicted octanol–water partition coefficient (Wildman–Crippen LogP) is 12.9.